The summed E-state index contributed by atoms with van der Waals surface area (Å²) >= 11 is 0. The number of carbonyl (C=O) groups is 6. The summed E-state index contributed by atoms with van der Waals surface area (Å²) in [5, 5.41) is 46.9. The van der Waals surface area contributed by atoms with Crippen LogP contribution in [0.2, 0.25) is 0 Å². The van der Waals surface area contributed by atoms with Crippen LogP contribution in [0.3, 0.4) is 0 Å². The van der Waals surface area contributed by atoms with Gasteiger partial charge in [0.1, 0.15) is 0 Å². The molecule has 6 N–H and O–H groups in total. The molecule has 0 bridgehead atoms. The van der Waals surface area contributed by atoms with Crippen molar-refractivity contribution in [1.82, 2.24) is 0 Å². The van der Waals surface area contributed by atoms with Crippen molar-refractivity contribution in [2.75, 3.05) is 0 Å². The average Bonchev–Trinajstić information content (AvgIpc) is 2.42. The van der Waals surface area contributed by atoms with Crippen molar-refractivity contribution in [2.24, 2.45) is 0 Å². The van der Waals surface area contributed by atoms with Crippen LogP contribution in [0.1, 0.15) is 0 Å². The Morgan fingerprint density at radius 1 is 0.346 bits per heavy atom. The van der Waals surface area contributed by atoms with Crippen molar-refractivity contribution in [3.63, 3.8) is 0 Å². The van der Waals surface area contributed by atoms with Gasteiger partial charge in [0.25, 0.3) is 0 Å². The van der Waals surface area contributed by atoms with Crippen LogP contribution >= 0.6 is 0 Å². The Kier molecular flexibility index (Phi) is 32.3. The Morgan fingerprint density at radius 2 is 0.423 bits per heavy atom. The van der Waals surface area contributed by atoms with Crippen molar-refractivity contribution in [3.8, 4) is 0 Å². The molecule has 0 aromatic carbocycles. The van der Waals surface area contributed by atoms with Crippen LogP contribution in [0.25, 0.3) is 0 Å². The molecular formula is C12H12Ho2O12. The predicted molar refractivity (Wildman–Crippen MR) is 73.2 cm³/mol. The van der Waals surface area contributed by atoms with Crippen LogP contribution in [-0.2, 0) is 28.8 Å². The van der Waals surface area contributed by atoms with Crippen LogP contribution in [0, 0.1) is 75.5 Å². The van der Waals surface area contributed by atoms with Gasteiger partial charge in [-0.1, -0.05) is 0 Å². The molecule has 154 valence electrons. The zero-order chi connectivity index (χ0) is 19.7. The zero-order valence-corrected chi connectivity index (χ0v) is 16.1. The molecule has 0 atom stereocenters. The Morgan fingerprint density at radius 3 is 0.462 bits per heavy atom. The maximum atomic E-state index is 9.55. The standard InChI is InChI=1S/3C4H4O4.2Ho/c3*5-3(6)1-2-4(7)8;;/h3*1-2H,(H,5,6)(H,7,8);;/b3*2-1+;;. The molecule has 0 aromatic heterocycles. The second kappa shape index (κ2) is 23.6. The minimum absolute atomic E-state index is 0. The number of carboxylic acid groups (broad SMARTS) is 6. The summed E-state index contributed by atoms with van der Waals surface area (Å²) in [5.41, 5.74) is 0. The molecule has 0 amide bonds. The normalized spacial score (nSPS) is 8.77. The fourth-order valence-electron chi connectivity index (χ4n) is 0.428. The second-order valence-corrected chi connectivity index (χ2v) is 3.03. The number of aliphatic carboxylic acids is 6. The average molecular weight is 678 g/mol. The van der Waals surface area contributed by atoms with Gasteiger partial charge in [0, 0.05) is 112 Å². The number of hydrogen-bond acceptors (Lipinski definition) is 6. The summed E-state index contributed by atoms with van der Waals surface area (Å²) in [7, 11) is 0. The topological polar surface area (TPSA) is 224 Å². The molecule has 26 heavy (non-hydrogen) atoms. The number of carboxylic acids is 6. The van der Waals surface area contributed by atoms with E-state index in [1.165, 1.54) is 0 Å². The molecule has 0 spiro atoms. The fraction of sp³-hybridized carbons (Fsp3) is 0. The van der Waals surface area contributed by atoms with Crippen molar-refractivity contribution >= 4 is 35.8 Å². The molecule has 0 aliphatic rings. The Bertz CT molecular complexity index is 448. The first-order chi connectivity index (χ1) is 10.9. The van der Waals surface area contributed by atoms with Crippen LogP contribution in [0.15, 0.2) is 36.5 Å². The second-order valence-electron chi connectivity index (χ2n) is 3.03. The summed E-state index contributed by atoms with van der Waals surface area (Å²) in [4.78, 5) is 57.3. The van der Waals surface area contributed by atoms with Gasteiger partial charge in [0.2, 0.25) is 0 Å². The third kappa shape index (κ3) is 57.0. The van der Waals surface area contributed by atoms with Gasteiger partial charge in [-0.2, -0.15) is 0 Å². The molecule has 0 rings (SSSR count). The van der Waals surface area contributed by atoms with Crippen LogP contribution in [0.5, 0.6) is 0 Å². The summed E-state index contributed by atoms with van der Waals surface area (Å²) in [5.74, 6) is -7.54. The summed E-state index contributed by atoms with van der Waals surface area (Å²) in [6.07, 6.45) is 3.35. The molecule has 12 nitrogen and oxygen atoms in total. The molecule has 0 fully saturated rings. The summed E-state index contributed by atoms with van der Waals surface area (Å²) in [6.45, 7) is 0. The van der Waals surface area contributed by atoms with Gasteiger partial charge in [-0.25, -0.2) is 28.8 Å². The molecule has 0 aromatic rings. The Labute approximate surface area is 205 Å². The van der Waals surface area contributed by atoms with Crippen LogP contribution < -0.4 is 0 Å². The van der Waals surface area contributed by atoms with E-state index in [0.717, 1.165) is 0 Å². The van der Waals surface area contributed by atoms with Crippen molar-refractivity contribution in [3.05, 3.63) is 36.5 Å². The summed E-state index contributed by atoms with van der Waals surface area (Å²) < 4.78 is 0. The van der Waals surface area contributed by atoms with Gasteiger partial charge in [-0.3, -0.25) is 0 Å². The van der Waals surface area contributed by atoms with Gasteiger partial charge in [-0.05, 0) is 0 Å². The van der Waals surface area contributed by atoms with Crippen LogP contribution in [-0.4, -0.2) is 66.5 Å². The van der Waals surface area contributed by atoms with Crippen LogP contribution in [0.4, 0.5) is 0 Å². The van der Waals surface area contributed by atoms with E-state index in [1.807, 2.05) is 0 Å². The van der Waals surface area contributed by atoms with E-state index in [2.05, 4.69) is 0 Å². The monoisotopic (exact) mass is 678 g/mol. The molecule has 2 radical (unpaired) electrons. The smallest absolute Gasteiger partial charge is 0.328 e. The quantitative estimate of drug-likeness (QED) is 0.149. The maximum Gasteiger partial charge on any atom is 0.328 e. The fourth-order valence-corrected chi connectivity index (χ4v) is 0.428. The van der Waals surface area contributed by atoms with E-state index in [9.17, 15) is 28.8 Å². The number of hydrogen-bond donors (Lipinski definition) is 6. The molecular weight excluding hydrogens is 666 g/mol. The minimum atomic E-state index is -1.26. The van der Waals surface area contributed by atoms with E-state index in [0.29, 0.717) is 36.5 Å². The van der Waals surface area contributed by atoms with Gasteiger partial charge in [0.05, 0.1) is 0 Å². The third-order valence-corrected chi connectivity index (χ3v) is 1.11. The van der Waals surface area contributed by atoms with Crippen molar-refractivity contribution < 1.29 is 135 Å². The van der Waals surface area contributed by atoms with Gasteiger partial charge in [0.15, 0.2) is 0 Å². The molecule has 0 aliphatic carbocycles. The first-order valence-electron chi connectivity index (χ1n) is 5.30. The molecule has 14 heteroatoms. The first-order valence-corrected chi connectivity index (χ1v) is 5.30. The minimum Gasteiger partial charge on any atom is -0.478 e. The first kappa shape index (κ1) is 35.6. The molecule has 0 saturated carbocycles. The predicted octanol–water partition coefficient (Wildman–Crippen LogP) is -0.865. The van der Waals surface area contributed by atoms with Gasteiger partial charge >= 0.3 is 35.8 Å². The summed E-state index contributed by atoms with van der Waals surface area (Å²) in [6, 6.07) is 0. The third-order valence-electron chi connectivity index (χ3n) is 1.11. The van der Waals surface area contributed by atoms with Gasteiger partial charge < -0.3 is 30.6 Å². The molecule has 0 unspecified atom stereocenters. The van der Waals surface area contributed by atoms with E-state index in [-0.39, 0.29) is 75.5 Å². The van der Waals surface area contributed by atoms with E-state index in [1.54, 1.807) is 0 Å². The van der Waals surface area contributed by atoms with Crippen molar-refractivity contribution in [1.29, 1.82) is 0 Å². The molecule has 0 aliphatic heterocycles. The maximum absolute atomic E-state index is 9.55. The number of rotatable bonds is 6. The molecule has 0 heterocycles. The van der Waals surface area contributed by atoms with Crippen molar-refractivity contribution in [2.45, 2.75) is 0 Å². The Balaban J connectivity index is -0.0000000817. The largest absolute Gasteiger partial charge is 0.478 e. The van der Waals surface area contributed by atoms with E-state index < -0.39 is 35.8 Å². The SMILES string of the molecule is O=C(O)/C=C/C(=O)O.O=C(O)/C=C/C(=O)O.O=C(O)/C=C/C(=O)O.[Ho].[Ho]. The zero-order valence-electron chi connectivity index (χ0n) is 12.2. The Hall–Kier alpha value is -1.44. The molecule has 0 saturated heterocycles. The van der Waals surface area contributed by atoms with E-state index >= 15 is 0 Å². The van der Waals surface area contributed by atoms with Gasteiger partial charge in [-0.15, -0.1) is 0 Å². The van der Waals surface area contributed by atoms with E-state index in [4.69, 9.17) is 30.6 Å².